The molecule has 3 heteroatoms. The van der Waals surface area contributed by atoms with Crippen molar-refractivity contribution in [2.24, 2.45) is 0 Å². The number of hydrogen-bond donors (Lipinski definition) is 2. The van der Waals surface area contributed by atoms with Crippen LogP contribution in [0.25, 0.3) is 0 Å². The Labute approximate surface area is 81.3 Å². The number of hydrogen-bond acceptors (Lipinski definition) is 2. The first kappa shape index (κ1) is 9.55. The van der Waals surface area contributed by atoms with E-state index in [1.165, 1.54) is 5.56 Å². The van der Waals surface area contributed by atoms with Crippen LogP contribution in [0, 0.1) is 0 Å². The topological polar surface area (TPSA) is 38.0 Å². The minimum Gasteiger partial charge on any atom is -0.399 e. The highest BCUT2D eigenvalue weighted by Gasteiger charge is 1.90. The third-order valence-corrected chi connectivity index (χ3v) is 1.98. The summed E-state index contributed by atoms with van der Waals surface area (Å²) in [6.07, 6.45) is 0. The quantitative estimate of drug-likeness (QED) is 0.469. The zero-order valence-corrected chi connectivity index (χ0v) is 8.47. The van der Waals surface area contributed by atoms with E-state index in [2.05, 4.69) is 21.2 Å². The number of alkyl halides is 1. The fraction of sp³-hybridized carbons (Fsp3) is 0.333. The van der Waals surface area contributed by atoms with Crippen molar-refractivity contribution in [1.82, 2.24) is 5.32 Å². The van der Waals surface area contributed by atoms with E-state index in [4.69, 9.17) is 5.73 Å². The zero-order valence-electron chi connectivity index (χ0n) is 6.89. The third-order valence-electron chi connectivity index (χ3n) is 1.58. The summed E-state index contributed by atoms with van der Waals surface area (Å²) in [5, 5.41) is 4.27. The first-order valence-electron chi connectivity index (χ1n) is 3.94. The van der Waals surface area contributed by atoms with Crippen molar-refractivity contribution in [1.29, 1.82) is 0 Å². The molecule has 0 aliphatic heterocycles. The van der Waals surface area contributed by atoms with Crippen LogP contribution < -0.4 is 11.1 Å². The lowest BCUT2D eigenvalue weighted by Gasteiger charge is -2.02. The van der Waals surface area contributed by atoms with E-state index >= 15 is 0 Å². The molecule has 0 saturated heterocycles. The predicted molar refractivity (Wildman–Crippen MR) is 56.4 cm³/mol. The smallest absolute Gasteiger partial charge is 0.0314 e. The van der Waals surface area contributed by atoms with Crippen molar-refractivity contribution in [2.45, 2.75) is 6.54 Å². The fourth-order valence-electron chi connectivity index (χ4n) is 0.935. The highest BCUT2D eigenvalue weighted by Crippen LogP contribution is 2.04. The van der Waals surface area contributed by atoms with Crippen LogP contribution in [-0.4, -0.2) is 11.9 Å². The van der Waals surface area contributed by atoms with Gasteiger partial charge in [-0.25, -0.2) is 0 Å². The molecule has 2 nitrogen and oxygen atoms in total. The van der Waals surface area contributed by atoms with Gasteiger partial charge < -0.3 is 11.1 Å². The predicted octanol–water partition coefficient (Wildman–Crippen LogP) is 1.75. The van der Waals surface area contributed by atoms with Crippen LogP contribution in [-0.2, 0) is 6.54 Å². The first-order valence-corrected chi connectivity index (χ1v) is 5.06. The molecule has 3 N–H and O–H groups in total. The van der Waals surface area contributed by atoms with Gasteiger partial charge in [-0.05, 0) is 17.7 Å². The third kappa shape index (κ3) is 3.24. The Bertz CT molecular complexity index is 220. The molecule has 66 valence electrons. The van der Waals surface area contributed by atoms with Crippen molar-refractivity contribution in [3.8, 4) is 0 Å². The second kappa shape index (κ2) is 5.17. The lowest BCUT2D eigenvalue weighted by atomic mass is 10.2. The van der Waals surface area contributed by atoms with Gasteiger partial charge in [0.05, 0.1) is 0 Å². The Morgan fingerprint density at radius 3 is 2.50 bits per heavy atom. The Morgan fingerprint density at radius 1 is 1.25 bits per heavy atom. The molecule has 0 amide bonds. The average Bonchev–Trinajstić information content (AvgIpc) is 2.09. The molecule has 0 heterocycles. The maximum Gasteiger partial charge on any atom is 0.0314 e. The van der Waals surface area contributed by atoms with Crippen molar-refractivity contribution in [3.05, 3.63) is 29.8 Å². The Kier molecular flexibility index (Phi) is 4.11. The van der Waals surface area contributed by atoms with Crippen molar-refractivity contribution in [2.75, 3.05) is 17.6 Å². The molecule has 1 rings (SSSR count). The highest BCUT2D eigenvalue weighted by molar-refractivity contribution is 9.09. The summed E-state index contributed by atoms with van der Waals surface area (Å²) in [4.78, 5) is 0. The molecule has 0 radical (unpaired) electrons. The largest absolute Gasteiger partial charge is 0.399 e. The molecule has 0 fully saturated rings. The monoisotopic (exact) mass is 228 g/mol. The van der Waals surface area contributed by atoms with Crippen molar-refractivity contribution >= 4 is 21.6 Å². The second-order valence-corrected chi connectivity index (χ2v) is 3.40. The summed E-state index contributed by atoms with van der Waals surface area (Å²) in [5.41, 5.74) is 7.64. The Balaban J connectivity index is 2.37. The van der Waals surface area contributed by atoms with Gasteiger partial charge in [-0.15, -0.1) is 0 Å². The maximum atomic E-state index is 5.55. The van der Waals surface area contributed by atoms with Crippen molar-refractivity contribution in [3.63, 3.8) is 0 Å². The van der Waals surface area contributed by atoms with Gasteiger partial charge in [0.2, 0.25) is 0 Å². The minimum atomic E-state index is 0.819. The van der Waals surface area contributed by atoms with Gasteiger partial charge in [0.15, 0.2) is 0 Å². The Hall–Kier alpha value is -0.540. The van der Waals surface area contributed by atoms with E-state index in [0.29, 0.717) is 0 Å². The molecule has 0 bridgehead atoms. The summed E-state index contributed by atoms with van der Waals surface area (Å²) in [7, 11) is 0. The van der Waals surface area contributed by atoms with Crippen LogP contribution in [0.1, 0.15) is 5.56 Å². The van der Waals surface area contributed by atoms with Crippen molar-refractivity contribution < 1.29 is 0 Å². The molecular formula is C9H13BrN2. The summed E-state index contributed by atoms with van der Waals surface area (Å²) in [5.74, 6) is 0. The molecule has 1 aromatic rings. The number of anilines is 1. The molecule has 1 aromatic carbocycles. The normalized spacial score (nSPS) is 10.1. The number of nitrogens with two attached hydrogens (primary N) is 1. The molecule has 0 spiro atoms. The van der Waals surface area contributed by atoms with Gasteiger partial charge in [-0.3, -0.25) is 0 Å². The van der Waals surface area contributed by atoms with E-state index < -0.39 is 0 Å². The summed E-state index contributed by atoms with van der Waals surface area (Å²) in [6.45, 7) is 1.90. The number of halogens is 1. The van der Waals surface area contributed by atoms with Crippen LogP contribution in [0.5, 0.6) is 0 Å². The molecule has 0 saturated carbocycles. The van der Waals surface area contributed by atoms with Crippen LogP contribution in [0.4, 0.5) is 5.69 Å². The van der Waals surface area contributed by atoms with Gasteiger partial charge in [-0.2, -0.15) is 0 Å². The van der Waals surface area contributed by atoms with E-state index in [-0.39, 0.29) is 0 Å². The van der Waals surface area contributed by atoms with E-state index in [0.717, 1.165) is 24.1 Å². The van der Waals surface area contributed by atoms with Crippen LogP contribution >= 0.6 is 15.9 Å². The zero-order chi connectivity index (χ0) is 8.81. The number of benzene rings is 1. The molecule has 0 aliphatic rings. The first-order chi connectivity index (χ1) is 5.83. The molecule has 0 aliphatic carbocycles. The Morgan fingerprint density at radius 2 is 1.92 bits per heavy atom. The number of nitrogens with one attached hydrogen (secondary N) is 1. The summed E-state index contributed by atoms with van der Waals surface area (Å²) in [6, 6.07) is 7.92. The lowest BCUT2D eigenvalue weighted by molar-refractivity contribution is 0.734. The maximum absolute atomic E-state index is 5.55. The SMILES string of the molecule is Nc1ccc(CNCCBr)cc1. The van der Waals surface area contributed by atoms with Crippen LogP contribution in [0.15, 0.2) is 24.3 Å². The van der Waals surface area contributed by atoms with Gasteiger partial charge in [0.1, 0.15) is 0 Å². The van der Waals surface area contributed by atoms with Crippen LogP contribution in [0.2, 0.25) is 0 Å². The fourth-order valence-corrected chi connectivity index (χ4v) is 1.22. The van der Waals surface area contributed by atoms with Gasteiger partial charge in [0, 0.05) is 24.1 Å². The van der Waals surface area contributed by atoms with Gasteiger partial charge >= 0.3 is 0 Å². The number of rotatable bonds is 4. The van der Waals surface area contributed by atoms with Gasteiger partial charge in [0.25, 0.3) is 0 Å². The van der Waals surface area contributed by atoms with Gasteiger partial charge in [-0.1, -0.05) is 28.1 Å². The van der Waals surface area contributed by atoms with Crippen LogP contribution in [0.3, 0.4) is 0 Å². The number of nitrogen functional groups attached to an aromatic ring is 1. The highest BCUT2D eigenvalue weighted by atomic mass is 79.9. The standard InChI is InChI=1S/C9H13BrN2/c10-5-6-12-7-8-1-3-9(11)4-2-8/h1-4,12H,5-7,11H2. The lowest BCUT2D eigenvalue weighted by Crippen LogP contribution is -2.15. The minimum absolute atomic E-state index is 0.819. The average molecular weight is 229 g/mol. The van der Waals surface area contributed by atoms with E-state index in [1.807, 2.05) is 24.3 Å². The van der Waals surface area contributed by atoms with E-state index in [1.54, 1.807) is 0 Å². The summed E-state index contributed by atoms with van der Waals surface area (Å²) >= 11 is 3.35. The molecule has 0 unspecified atom stereocenters. The second-order valence-electron chi connectivity index (χ2n) is 2.61. The molecule has 12 heavy (non-hydrogen) atoms. The molecular weight excluding hydrogens is 216 g/mol. The molecule has 0 aromatic heterocycles. The summed E-state index contributed by atoms with van der Waals surface area (Å²) < 4.78 is 0. The molecule has 0 atom stereocenters. The van der Waals surface area contributed by atoms with E-state index in [9.17, 15) is 0 Å².